The summed E-state index contributed by atoms with van der Waals surface area (Å²) in [6.07, 6.45) is 0.757. The van der Waals surface area contributed by atoms with Gasteiger partial charge in [0.15, 0.2) is 0 Å². The molecule has 0 aliphatic carbocycles. The Hall–Kier alpha value is -2.35. The zero-order chi connectivity index (χ0) is 15.1. The number of aromatic amines is 1. The highest BCUT2D eigenvalue weighted by molar-refractivity contribution is 7.99. The van der Waals surface area contributed by atoms with Gasteiger partial charge in [-0.15, -0.1) is 5.10 Å². The molecule has 2 rings (SSSR count). The number of amides is 2. The van der Waals surface area contributed by atoms with Gasteiger partial charge in [-0.2, -0.15) is 0 Å². The fourth-order valence-electron chi connectivity index (χ4n) is 1.45. The lowest BCUT2D eigenvalue weighted by Gasteiger charge is -2.06. The molecule has 0 saturated heterocycles. The first-order valence-electron chi connectivity index (χ1n) is 6.37. The molecule has 0 unspecified atom stereocenters. The van der Waals surface area contributed by atoms with E-state index in [2.05, 4.69) is 26.0 Å². The third-order valence-corrected chi connectivity index (χ3v) is 3.38. The van der Waals surface area contributed by atoms with E-state index in [4.69, 9.17) is 0 Å². The van der Waals surface area contributed by atoms with Crippen LogP contribution in [0.4, 0.5) is 0 Å². The van der Waals surface area contributed by atoms with Gasteiger partial charge in [0.1, 0.15) is 5.82 Å². The number of aromatic nitrogens is 3. The van der Waals surface area contributed by atoms with Crippen molar-refractivity contribution in [3.63, 3.8) is 0 Å². The summed E-state index contributed by atoms with van der Waals surface area (Å²) in [5.74, 6) is 0.207. The van der Waals surface area contributed by atoms with Crippen LogP contribution < -0.4 is 10.9 Å². The van der Waals surface area contributed by atoms with E-state index in [9.17, 15) is 9.59 Å². The number of hydrogen-bond donors (Lipinski definition) is 3. The summed E-state index contributed by atoms with van der Waals surface area (Å²) in [5, 5.41) is 7.24. The van der Waals surface area contributed by atoms with Gasteiger partial charge in [-0.25, -0.2) is 4.98 Å². The highest BCUT2D eigenvalue weighted by Gasteiger charge is 2.09. The molecule has 1 aromatic heterocycles. The summed E-state index contributed by atoms with van der Waals surface area (Å²) in [6.45, 7) is 1.96. The summed E-state index contributed by atoms with van der Waals surface area (Å²) >= 11 is 1.20. The molecule has 2 aromatic rings. The Bertz CT molecular complexity index is 614. The first-order valence-corrected chi connectivity index (χ1v) is 7.36. The van der Waals surface area contributed by atoms with Gasteiger partial charge in [0.05, 0.1) is 5.75 Å². The monoisotopic (exact) mass is 305 g/mol. The van der Waals surface area contributed by atoms with Gasteiger partial charge in [0, 0.05) is 12.0 Å². The molecule has 8 heteroatoms. The third-order valence-electron chi connectivity index (χ3n) is 2.53. The van der Waals surface area contributed by atoms with E-state index >= 15 is 0 Å². The van der Waals surface area contributed by atoms with E-state index in [0.717, 1.165) is 12.2 Å². The van der Waals surface area contributed by atoms with Gasteiger partial charge >= 0.3 is 0 Å². The van der Waals surface area contributed by atoms with Crippen molar-refractivity contribution in [1.82, 2.24) is 26.0 Å². The summed E-state index contributed by atoms with van der Waals surface area (Å²) in [5.41, 5.74) is 5.18. The van der Waals surface area contributed by atoms with E-state index in [1.165, 1.54) is 11.8 Å². The van der Waals surface area contributed by atoms with Crippen LogP contribution in [0.3, 0.4) is 0 Å². The lowest BCUT2D eigenvalue weighted by Crippen LogP contribution is -2.42. The Morgan fingerprint density at radius 2 is 2.00 bits per heavy atom. The van der Waals surface area contributed by atoms with Crippen molar-refractivity contribution in [2.24, 2.45) is 0 Å². The molecule has 0 bridgehead atoms. The maximum atomic E-state index is 11.7. The number of hydrazine groups is 1. The summed E-state index contributed by atoms with van der Waals surface area (Å²) in [6, 6.07) is 8.64. The first kappa shape index (κ1) is 15.0. The molecule has 110 valence electrons. The van der Waals surface area contributed by atoms with Crippen molar-refractivity contribution in [3.05, 3.63) is 41.7 Å². The highest BCUT2D eigenvalue weighted by Crippen LogP contribution is 2.11. The van der Waals surface area contributed by atoms with Gasteiger partial charge in [-0.1, -0.05) is 36.9 Å². The molecule has 0 fully saturated rings. The smallest absolute Gasteiger partial charge is 0.269 e. The predicted octanol–water partition coefficient (Wildman–Crippen LogP) is 0.920. The molecule has 0 aliphatic rings. The Labute approximate surface area is 125 Å². The van der Waals surface area contributed by atoms with Crippen LogP contribution >= 0.6 is 11.8 Å². The lowest BCUT2D eigenvalue weighted by molar-refractivity contribution is -0.119. The number of thioether (sulfide) groups is 1. The quantitative estimate of drug-likeness (QED) is 0.563. The standard InChI is InChI=1S/C13H15N5O2S/c1-2-10-14-13(18-15-10)21-8-11(19)16-17-12(20)9-6-4-3-5-7-9/h3-7H,2,8H2,1H3,(H,16,19)(H,17,20)(H,14,15,18). The number of H-pyrrole nitrogens is 1. The van der Waals surface area contributed by atoms with Crippen molar-refractivity contribution in [3.8, 4) is 0 Å². The summed E-state index contributed by atoms with van der Waals surface area (Å²) in [4.78, 5) is 27.5. The molecule has 1 heterocycles. The fourth-order valence-corrected chi connectivity index (χ4v) is 2.07. The van der Waals surface area contributed by atoms with Crippen LogP contribution in [0, 0.1) is 0 Å². The first-order chi connectivity index (χ1) is 10.2. The highest BCUT2D eigenvalue weighted by atomic mass is 32.2. The zero-order valence-corrected chi connectivity index (χ0v) is 12.2. The minimum absolute atomic E-state index is 0.121. The molecule has 0 aliphatic heterocycles. The number of aryl methyl sites for hydroxylation is 1. The van der Waals surface area contributed by atoms with Crippen molar-refractivity contribution >= 4 is 23.6 Å². The predicted molar refractivity (Wildman–Crippen MR) is 78.5 cm³/mol. The Morgan fingerprint density at radius 3 is 2.67 bits per heavy atom. The molecule has 0 saturated carbocycles. The molecular weight excluding hydrogens is 290 g/mol. The van der Waals surface area contributed by atoms with Crippen molar-refractivity contribution in [2.75, 3.05) is 5.75 Å². The van der Waals surface area contributed by atoms with Crippen molar-refractivity contribution in [1.29, 1.82) is 0 Å². The van der Waals surface area contributed by atoms with Crippen LogP contribution in [0.15, 0.2) is 35.5 Å². The van der Waals surface area contributed by atoms with Gasteiger partial charge in [-0.05, 0) is 12.1 Å². The van der Waals surface area contributed by atoms with Gasteiger partial charge in [0.2, 0.25) is 11.1 Å². The second-order valence-corrected chi connectivity index (χ2v) is 5.02. The number of rotatable bonds is 5. The molecular formula is C13H15N5O2S. The molecule has 21 heavy (non-hydrogen) atoms. The Morgan fingerprint density at radius 1 is 1.24 bits per heavy atom. The normalized spacial score (nSPS) is 10.1. The topological polar surface area (TPSA) is 99.8 Å². The molecule has 0 atom stereocenters. The minimum atomic E-state index is -0.361. The molecule has 3 N–H and O–H groups in total. The van der Waals surface area contributed by atoms with Gasteiger partial charge in [-0.3, -0.25) is 25.5 Å². The molecule has 0 radical (unpaired) electrons. The molecule has 7 nitrogen and oxygen atoms in total. The van der Waals surface area contributed by atoms with Crippen LogP contribution in [0.1, 0.15) is 23.1 Å². The second kappa shape index (κ2) is 7.44. The van der Waals surface area contributed by atoms with E-state index in [1.807, 2.05) is 13.0 Å². The average molecular weight is 305 g/mol. The van der Waals surface area contributed by atoms with Crippen LogP contribution in [0.2, 0.25) is 0 Å². The van der Waals surface area contributed by atoms with Crippen LogP contribution in [-0.4, -0.2) is 32.7 Å². The van der Waals surface area contributed by atoms with Crippen LogP contribution in [0.25, 0.3) is 0 Å². The van der Waals surface area contributed by atoms with E-state index in [-0.39, 0.29) is 17.6 Å². The second-order valence-electron chi connectivity index (χ2n) is 4.08. The number of benzene rings is 1. The summed E-state index contributed by atoms with van der Waals surface area (Å²) < 4.78 is 0. The van der Waals surface area contributed by atoms with Crippen LogP contribution in [-0.2, 0) is 11.2 Å². The zero-order valence-electron chi connectivity index (χ0n) is 11.4. The minimum Gasteiger partial charge on any atom is -0.272 e. The van der Waals surface area contributed by atoms with Crippen molar-refractivity contribution in [2.45, 2.75) is 18.5 Å². The molecule has 1 aromatic carbocycles. The number of nitrogens with zero attached hydrogens (tertiary/aromatic N) is 2. The molecule has 0 spiro atoms. The average Bonchev–Trinajstić information content (AvgIpc) is 2.99. The summed E-state index contributed by atoms with van der Waals surface area (Å²) in [7, 11) is 0. The Balaban J connectivity index is 1.73. The van der Waals surface area contributed by atoms with E-state index in [0.29, 0.717) is 10.7 Å². The van der Waals surface area contributed by atoms with Crippen LogP contribution in [0.5, 0.6) is 0 Å². The molecule has 2 amide bonds. The Kier molecular flexibility index (Phi) is 5.33. The third kappa shape index (κ3) is 4.60. The number of carbonyl (C=O) groups excluding carboxylic acids is 2. The van der Waals surface area contributed by atoms with Gasteiger partial charge in [0.25, 0.3) is 5.91 Å². The number of carbonyl (C=O) groups is 2. The maximum absolute atomic E-state index is 11.7. The lowest BCUT2D eigenvalue weighted by atomic mass is 10.2. The largest absolute Gasteiger partial charge is 0.272 e. The number of nitrogens with one attached hydrogen (secondary N) is 3. The fraction of sp³-hybridized carbons (Fsp3) is 0.231. The maximum Gasteiger partial charge on any atom is 0.269 e. The van der Waals surface area contributed by atoms with Crippen molar-refractivity contribution < 1.29 is 9.59 Å². The van der Waals surface area contributed by atoms with Gasteiger partial charge < -0.3 is 0 Å². The van der Waals surface area contributed by atoms with E-state index in [1.54, 1.807) is 24.3 Å². The number of hydrogen-bond acceptors (Lipinski definition) is 5. The SMILES string of the molecule is CCc1nc(SCC(=O)NNC(=O)c2ccccc2)n[nH]1. The van der Waals surface area contributed by atoms with E-state index < -0.39 is 0 Å².